The van der Waals surface area contributed by atoms with Crippen LogP contribution in [0.1, 0.15) is 40.2 Å². The van der Waals surface area contributed by atoms with Crippen molar-refractivity contribution in [2.75, 3.05) is 13.2 Å². The number of rotatable bonds is 3. The maximum absolute atomic E-state index is 10.6. The first-order valence-corrected chi connectivity index (χ1v) is 9.96. The summed E-state index contributed by atoms with van der Waals surface area (Å²) in [6.45, 7) is 6.87. The van der Waals surface area contributed by atoms with Crippen LogP contribution in [0, 0.1) is 13.8 Å². The number of likely N-dealkylation sites (tertiary alicyclic amines) is 1. The zero-order valence-corrected chi connectivity index (χ0v) is 16.8. The van der Waals surface area contributed by atoms with Gasteiger partial charge in [-0.05, 0) is 38.8 Å². The highest BCUT2D eigenvalue weighted by Crippen LogP contribution is 2.37. The molecule has 11 heteroatoms. The fourth-order valence-electron chi connectivity index (χ4n) is 3.66. The zero-order chi connectivity index (χ0) is 21.2. The van der Waals surface area contributed by atoms with Crippen LogP contribution in [0.25, 0.3) is 0 Å². The van der Waals surface area contributed by atoms with E-state index >= 15 is 0 Å². The van der Waals surface area contributed by atoms with Crippen molar-refractivity contribution < 1.29 is 32.3 Å². The molecule has 1 N–H and O–H groups in total. The number of carboxylic acids is 1. The Morgan fingerprint density at radius 2 is 2.10 bits per heavy atom. The smallest absolute Gasteiger partial charge is 0.475 e. The number of fused-ring (bicyclic) bond motifs is 1. The number of nitrogens with zero attached hydrogens (tertiary/aromatic N) is 3. The minimum absolute atomic E-state index is 0.279. The Morgan fingerprint density at radius 1 is 1.38 bits per heavy atom. The third-order valence-electron chi connectivity index (χ3n) is 4.91. The summed E-state index contributed by atoms with van der Waals surface area (Å²) in [5, 5.41) is 11.1. The lowest BCUT2D eigenvalue weighted by atomic mass is 9.90. The van der Waals surface area contributed by atoms with E-state index in [0.29, 0.717) is 18.0 Å². The highest BCUT2D eigenvalue weighted by molar-refractivity contribution is 7.11. The van der Waals surface area contributed by atoms with Crippen molar-refractivity contribution in [3.8, 4) is 0 Å². The van der Waals surface area contributed by atoms with E-state index in [1.54, 1.807) is 0 Å². The van der Waals surface area contributed by atoms with Crippen molar-refractivity contribution in [2.24, 2.45) is 0 Å². The second-order valence-corrected chi connectivity index (χ2v) is 8.49. The first kappa shape index (κ1) is 21.7. The maximum atomic E-state index is 10.6. The van der Waals surface area contributed by atoms with Gasteiger partial charge in [0.2, 0.25) is 5.89 Å². The Kier molecular flexibility index (Phi) is 6.59. The number of carboxylic acid groups (broad SMARTS) is 1. The molecule has 7 nitrogen and oxygen atoms in total. The number of aromatic nitrogens is 2. The van der Waals surface area contributed by atoms with Crippen molar-refractivity contribution >= 4 is 17.3 Å². The molecule has 0 aromatic carbocycles. The molecule has 0 amide bonds. The molecule has 2 fully saturated rings. The molecule has 0 spiro atoms. The van der Waals surface area contributed by atoms with Crippen molar-refractivity contribution in [1.82, 2.24) is 15.0 Å². The van der Waals surface area contributed by atoms with Crippen LogP contribution in [-0.4, -0.2) is 57.6 Å². The van der Waals surface area contributed by atoms with Gasteiger partial charge in [-0.25, -0.2) is 4.79 Å². The molecule has 0 unspecified atom stereocenters. The largest absolute Gasteiger partial charge is 0.490 e. The van der Waals surface area contributed by atoms with E-state index in [1.165, 1.54) is 9.75 Å². The van der Waals surface area contributed by atoms with Gasteiger partial charge in [-0.1, -0.05) is 5.16 Å². The third kappa shape index (κ3) is 5.55. The van der Waals surface area contributed by atoms with E-state index < -0.39 is 12.1 Å². The number of alkyl halides is 3. The molecule has 2 aliphatic heterocycles. The minimum atomic E-state index is -5.08. The predicted molar refractivity (Wildman–Crippen MR) is 97.7 cm³/mol. The lowest BCUT2D eigenvalue weighted by molar-refractivity contribution is -0.192. The molecule has 2 aliphatic rings. The molecule has 4 heterocycles. The minimum Gasteiger partial charge on any atom is -0.475 e. The zero-order valence-electron chi connectivity index (χ0n) is 16.0. The van der Waals surface area contributed by atoms with Gasteiger partial charge in [0.05, 0.1) is 12.0 Å². The molecule has 0 aliphatic carbocycles. The standard InChI is InChI=1S/C16H21N3O2S.C2HF3O2/c1-10-3-4-13(22-10)9-19-8-12(16-17-11(2)18-21-16)7-15-14(19)5-6-20-15;3-2(4,5)1(6)7/h3-4,12,14-15H,5-9H2,1-2H3;(H,6,7)/t12-,14-,15-;/m1./s1. The van der Waals surface area contributed by atoms with Gasteiger partial charge in [0.25, 0.3) is 0 Å². The first-order chi connectivity index (χ1) is 13.6. The van der Waals surface area contributed by atoms with E-state index in [0.717, 1.165) is 38.4 Å². The van der Waals surface area contributed by atoms with Gasteiger partial charge >= 0.3 is 12.1 Å². The molecule has 4 rings (SSSR count). The van der Waals surface area contributed by atoms with Gasteiger partial charge < -0.3 is 14.4 Å². The molecule has 0 radical (unpaired) electrons. The summed E-state index contributed by atoms with van der Waals surface area (Å²) in [7, 11) is 0. The van der Waals surface area contributed by atoms with Crippen molar-refractivity contribution in [3.05, 3.63) is 33.6 Å². The average Bonchev–Trinajstić information content (AvgIpc) is 3.35. The Labute approximate surface area is 169 Å². The second kappa shape index (κ2) is 8.80. The number of carbonyl (C=O) groups is 1. The van der Waals surface area contributed by atoms with Crippen LogP contribution in [0.3, 0.4) is 0 Å². The normalized spacial score (nSPS) is 24.7. The topological polar surface area (TPSA) is 88.7 Å². The van der Waals surface area contributed by atoms with E-state index in [2.05, 4.69) is 34.1 Å². The summed E-state index contributed by atoms with van der Waals surface area (Å²) >= 11 is 1.88. The highest BCUT2D eigenvalue weighted by Gasteiger charge is 2.42. The molecule has 160 valence electrons. The number of hydrogen-bond donors (Lipinski definition) is 1. The fourth-order valence-corrected chi connectivity index (χ4v) is 4.58. The quantitative estimate of drug-likeness (QED) is 0.792. The van der Waals surface area contributed by atoms with Crippen molar-refractivity contribution in [1.29, 1.82) is 0 Å². The van der Waals surface area contributed by atoms with Gasteiger partial charge in [-0.2, -0.15) is 18.2 Å². The Hall–Kier alpha value is -1.98. The number of aliphatic carboxylic acids is 1. The molecule has 29 heavy (non-hydrogen) atoms. The summed E-state index contributed by atoms with van der Waals surface area (Å²) in [6.07, 6.45) is -2.66. The number of thiophene rings is 1. The van der Waals surface area contributed by atoms with Gasteiger partial charge in [0.1, 0.15) is 0 Å². The van der Waals surface area contributed by atoms with Crippen LogP contribution in [0.4, 0.5) is 13.2 Å². The number of piperidine rings is 1. The van der Waals surface area contributed by atoms with Crippen LogP contribution in [0.15, 0.2) is 16.7 Å². The van der Waals surface area contributed by atoms with E-state index in [-0.39, 0.29) is 5.92 Å². The lowest BCUT2D eigenvalue weighted by Crippen LogP contribution is -2.48. The Bertz CT molecular complexity index is 838. The monoisotopic (exact) mass is 433 g/mol. The van der Waals surface area contributed by atoms with Gasteiger partial charge in [-0.3, -0.25) is 4.90 Å². The molecular weight excluding hydrogens is 411 g/mol. The molecular formula is C18H22F3N3O4S. The summed E-state index contributed by atoms with van der Waals surface area (Å²) in [5.74, 6) is -1.00. The molecule has 0 bridgehead atoms. The average molecular weight is 433 g/mol. The third-order valence-corrected chi connectivity index (χ3v) is 5.89. The molecule has 2 aromatic heterocycles. The Morgan fingerprint density at radius 3 is 2.66 bits per heavy atom. The predicted octanol–water partition coefficient (Wildman–Crippen LogP) is 3.53. The van der Waals surface area contributed by atoms with E-state index in [1.807, 2.05) is 18.3 Å². The summed E-state index contributed by atoms with van der Waals surface area (Å²) < 4.78 is 43.1. The maximum Gasteiger partial charge on any atom is 0.490 e. The van der Waals surface area contributed by atoms with Gasteiger partial charge in [-0.15, -0.1) is 11.3 Å². The second-order valence-electron chi connectivity index (χ2n) is 7.12. The van der Waals surface area contributed by atoms with Crippen LogP contribution in [0.5, 0.6) is 0 Å². The molecule has 2 saturated heterocycles. The number of halogens is 3. The SMILES string of the molecule is Cc1noc([C@@H]2C[C@H]3OCC[C@H]3N(Cc3ccc(C)s3)C2)n1.O=C(O)C(F)(F)F. The highest BCUT2D eigenvalue weighted by atomic mass is 32.1. The van der Waals surface area contributed by atoms with E-state index in [9.17, 15) is 13.2 Å². The molecule has 2 aromatic rings. The molecule has 0 saturated carbocycles. The van der Waals surface area contributed by atoms with Gasteiger partial charge in [0.15, 0.2) is 5.82 Å². The fraction of sp³-hybridized carbons (Fsp3) is 0.611. The van der Waals surface area contributed by atoms with Crippen LogP contribution in [0.2, 0.25) is 0 Å². The first-order valence-electron chi connectivity index (χ1n) is 9.14. The summed E-state index contributed by atoms with van der Waals surface area (Å²) in [6, 6.07) is 4.97. The number of aryl methyl sites for hydroxylation is 2. The van der Waals surface area contributed by atoms with E-state index in [4.69, 9.17) is 19.2 Å². The lowest BCUT2D eigenvalue weighted by Gasteiger charge is -2.39. The van der Waals surface area contributed by atoms with Crippen LogP contribution < -0.4 is 0 Å². The number of ether oxygens (including phenoxy) is 1. The summed E-state index contributed by atoms with van der Waals surface area (Å²) in [4.78, 5) is 18.7. The van der Waals surface area contributed by atoms with Crippen molar-refractivity contribution in [3.63, 3.8) is 0 Å². The molecule has 3 atom stereocenters. The van der Waals surface area contributed by atoms with Crippen molar-refractivity contribution in [2.45, 2.75) is 57.5 Å². The Balaban J connectivity index is 0.000000298. The number of hydrogen-bond acceptors (Lipinski definition) is 7. The van der Waals surface area contributed by atoms with Gasteiger partial charge in [0, 0.05) is 35.5 Å². The van der Waals surface area contributed by atoms with Crippen LogP contribution >= 0.6 is 11.3 Å². The summed E-state index contributed by atoms with van der Waals surface area (Å²) in [5.41, 5.74) is 0. The van der Waals surface area contributed by atoms with Crippen LogP contribution in [-0.2, 0) is 16.1 Å².